The topological polar surface area (TPSA) is 95.5 Å². The molecule has 0 saturated heterocycles. The molecule has 1 heterocycles. The van der Waals surface area contributed by atoms with E-state index in [1.54, 1.807) is 36.4 Å². The summed E-state index contributed by atoms with van der Waals surface area (Å²) in [6.45, 7) is 0.206. The number of benzene rings is 1. The van der Waals surface area contributed by atoms with Crippen LogP contribution in [0.4, 0.5) is 0 Å². The first kappa shape index (κ1) is 16.8. The van der Waals surface area contributed by atoms with Crippen LogP contribution < -0.4 is 10.1 Å². The molecule has 0 bridgehead atoms. The van der Waals surface area contributed by atoms with Crippen molar-refractivity contribution in [3.63, 3.8) is 0 Å². The van der Waals surface area contributed by atoms with Gasteiger partial charge in [0.15, 0.2) is 5.76 Å². The molecule has 1 aliphatic rings. The van der Waals surface area contributed by atoms with E-state index in [1.807, 2.05) is 12.2 Å². The SMILES string of the molecule is N#Cc1ccccc1OCc1ccc(C(=O)N[C@@H]2C=C[C@H](CO)C2)o1. The molecule has 2 N–H and O–H groups in total. The van der Waals surface area contributed by atoms with Crippen LogP contribution in [0.1, 0.15) is 28.3 Å². The van der Waals surface area contributed by atoms with Gasteiger partial charge in [0.1, 0.15) is 24.2 Å². The van der Waals surface area contributed by atoms with Crippen molar-refractivity contribution in [2.45, 2.75) is 19.1 Å². The Morgan fingerprint density at radius 2 is 2.16 bits per heavy atom. The third-order valence-corrected chi connectivity index (χ3v) is 3.99. The summed E-state index contributed by atoms with van der Waals surface area (Å²) < 4.78 is 11.1. The summed E-state index contributed by atoms with van der Waals surface area (Å²) in [4.78, 5) is 12.2. The third kappa shape index (κ3) is 4.08. The van der Waals surface area contributed by atoms with Gasteiger partial charge < -0.3 is 19.6 Å². The highest BCUT2D eigenvalue weighted by Gasteiger charge is 2.21. The molecule has 1 aromatic heterocycles. The van der Waals surface area contributed by atoms with Crippen LogP contribution in [0.5, 0.6) is 5.75 Å². The van der Waals surface area contributed by atoms with Crippen LogP contribution in [0, 0.1) is 17.2 Å². The Bertz CT molecular complexity index is 819. The molecule has 0 radical (unpaired) electrons. The van der Waals surface area contributed by atoms with Gasteiger partial charge in [-0.25, -0.2) is 0 Å². The minimum absolute atomic E-state index is 0.0787. The number of hydrogen-bond donors (Lipinski definition) is 2. The summed E-state index contributed by atoms with van der Waals surface area (Å²) in [5.74, 6) is 0.947. The molecule has 0 spiro atoms. The summed E-state index contributed by atoms with van der Waals surface area (Å²) in [6, 6.07) is 12.1. The van der Waals surface area contributed by atoms with Crippen LogP contribution in [0.2, 0.25) is 0 Å². The van der Waals surface area contributed by atoms with Crippen molar-refractivity contribution in [1.29, 1.82) is 5.26 Å². The van der Waals surface area contributed by atoms with Crippen molar-refractivity contribution >= 4 is 5.91 Å². The quantitative estimate of drug-likeness (QED) is 0.789. The van der Waals surface area contributed by atoms with Gasteiger partial charge in [-0.1, -0.05) is 24.3 Å². The summed E-state index contributed by atoms with van der Waals surface area (Å²) in [5, 5.41) is 21.0. The average Bonchev–Trinajstić information content (AvgIpc) is 3.29. The number of rotatable bonds is 6. The molecule has 2 aromatic rings. The van der Waals surface area contributed by atoms with Gasteiger partial charge in [-0.05, 0) is 30.7 Å². The molecular formula is C19H18N2O4. The first-order valence-corrected chi connectivity index (χ1v) is 8.00. The van der Waals surface area contributed by atoms with Crippen LogP contribution in [0.25, 0.3) is 0 Å². The van der Waals surface area contributed by atoms with Gasteiger partial charge in [0.05, 0.1) is 5.56 Å². The summed E-state index contributed by atoms with van der Waals surface area (Å²) >= 11 is 0. The molecule has 25 heavy (non-hydrogen) atoms. The van der Waals surface area contributed by atoms with E-state index in [4.69, 9.17) is 19.5 Å². The zero-order valence-electron chi connectivity index (χ0n) is 13.5. The van der Waals surface area contributed by atoms with Crippen LogP contribution >= 0.6 is 0 Å². The van der Waals surface area contributed by atoms with Crippen LogP contribution in [0.15, 0.2) is 53.0 Å². The van der Waals surface area contributed by atoms with E-state index in [9.17, 15) is 4.79 Å². The molecule has 2 atom stereocenters. The third-order valence-electron chi connectivity index (χ3n) is 3.99. The van der Waals surface area contributed by atoms with E-state index in [0.29, 0.717) is 23.5 Å². The maximum absolute atomic E-state index is 12.2. The minimum Gasteiger partial charge on any atom is -0.484 e. The molecule has 1 amide bonds. The predicted molar refractivity (Wildman–Crippen MR) is 89.8 cm³/mol. The maximum Gasteiger partial charge on any atom is 0.287 e. The van der Waals surface area contributed by atoms with Gasteiger partial charge in [0.2, 0.25) is 0 Å². The molecule has 6 nitrogen and oxygen atoms in total. The predicted octanol–water partition coefficient (Wildman–Crippen LogP) is 2.40. The fraction of sp³-hybridized carbons (Fsp3) is 0.263. The summed E-state index contributed by atoms with van der Waals surface area (Å²) in [5.41, 5.74) is 0.443. The fourth-order valence-electron chi connectivity index (χ4n) is 2.67. The number of nitrogens with one attached hydrogen (secondary N) is 1. The molecular weight excluding hydrogens is 320 g/mol. The Hall–Kier alpha value is -3.04. The van der Waals surface area contributed by atoms with Crippen molar-refractivity contribution in [2.75, 3.05) is 6.61 Å². The van der Waals surface area contributed by atoms with Crippen LogP contribution in [-0.4, -0.2) is 23.7 Å². The molecule has 1 aromatic carbocycles. The Balaban J connectivity index is 1.56. The van der Waals surface area contributed by atoms with Crippen LogP contribution in [-0.2, 0) is 6.61 Å². The number of nitriles is 1. The summed E-state index contributed by atoms with van der Waals surface area (Å²) in [7, 11) is 0. The molecule has 0 unspecified atom stereocenters. The van der Waals surface area contributed by atoms with Gasteiger partial charge in [-0.3, -0.25) is 4.79 Å². The van der Waals surface area contributed by atoms with E-state index < -0.39 is 0 Å². The van der Waals surface area contributed by atoms with Gasteiger partial charge in [0, 0.05) is 18.6 Å². The monoisotopic (exact) mass is 338 g/mol. The second-order valence-corrected chi connectivity index (χ2v) is 5.81. The lowest BCUT2D eigenvalue weighted by Crippen LogP contribution is -2.32. The Morgan fingerprint density at radius 3 is 2.92 bits per heavy atom. The van der Waals surface area contributed by atoms with E-state index in [0.717, 1.165) is 0 Å². The standard InChI is InChI=1S/C19H18N2O4/c20-10-14-3-1-2-4-17(14)24-12-16-7-8-18(25-16)19(23)21-15-6-5-13(9-15)11-22/h1-8,13,15,22H,9,11-12H2,(H,21,23)/t13-,15+/m0/s1. The van der Waals surface area contributed by atoms with Gasteiger partial charge in [0.25, 0.3) is 5.91 Å². The molecule has 0 saturated carbocycles. The zero-order chi connectivity index (χ0) is 17.6. The molecule has 0 aliphatic heterocycles. The molecule has 1 aliphatic carbocycles. The highest BCUT2D eigenvalue weighted by Crippen LogP contribution is 2.20. The number of carbonyl (C=O) groups excluding carboxylic acids is 1. The maximum atomic E-state index is 12.2. The number of ether oxygens (including phenoxy) is 1. The van der Waals surface area contributed by atoms with Crippen molar-refractivity contribution in [3.8, 4) is 11.8 Å². The highest BCUT2D eigenvalue weighted by atomic mass is 16.5. The Labute approximate surface area is 145 Å². The van der Waals surface area contributed by atoms with E-state index in [1.165, 1.54) is 0 Å². The Kier molecular flexibility index (Phi) is 5.17. The normalized spacial score (nSPS) is 18.7. The number of carbonyl (C=O) groups is 1. The van der Waals surface area contributed by atoms with E-state index >= 15 is 0 Å². The Morgan fingerprint density at radius 1 is 1.32 bits per heavy atom. The lowest BCUT2D eigenvalue weighted by atomic mass is 10.1. The molecule has 3 rings (SSSR count). The van der Waals surface area contributed by atoms with Crippen molar-refractivity contribution in [2.24, 2.45) is 5.92 Å². The zero-order valence-corrected chi connectivity index (χ0v) is 13.5. The summed E-state index contributed by atoms with van der Waals surface area (Å²) in [6.07, 6.45) is 4.47. The smallest absolute Gasteiger partial charge is 0.287 e. The largest absolute Gasteiger partial charge is 0.484 e. The van der Waals surface area contributed by atoms with Gasteiger partial charge in [-0.15, -0.1) is 0 Å². The molecule has 128 valence electrons. The minimum atomic E-state index is -0.308. The lowest BCUT2D eigenvalue weighted by molar-refractivity contribution is 0.0909. The number of nitrogens with zero attached hydrogens (tertiary/aromatic N) is 1. The van der Waals surface area contributed by atoms with Crippen molar-refractivity contribution in [1.82, 2.24) is 5.32 Å². The molecule has 6 heteroatoms. The average molecular weight is 338 g/mol. The number of aliphatic hydroxyl groups is 1. The number of amides is 1. The first-order chi connectivity index (χ1) is 12.2. The number of aliphatic hydroxyl groups excluding tert-OH is 1. The number of furan rings is 1. The van der Waals surface area contributed by atoms with E-state index in [-0.39, 0.29) is 36.8 Å². The highest BCUT2D eigenvalue weighted by molar-refractivity contribution is 5.91. The molecule has 0 fully saturated rings. The van der Waals surface area contributed by atoms with Gasteiger partial charge in [-0.2, -0.15) is 5.26 Å². The first-order valence-electron chi connectivity index (χ1n) is 8.00. The van der Waals surface area contributed by atoms with E-state index in [2.05, 4.69) is 11.4 Å². The fourth-order valence-corrected chi connectivity index (χ4v) is 2.67. The lowest BCUT2D eigenvalue weighted by Gasteiger charge is -2.11. The van der Waals surface area contributed by atoms with Gasteiger partial charge >= 0.3 is 0 Å². The number of para-hydroxylation sites is 1. The van der Waals surface area contributed by atoms with Crippen LogP contribution in [0.3, 0.4) is 0 Å². The van der Waals surface area contributed by atoms with Crippen molar-refractivity contribution in [3.05, 3.63) is 65.6 Å². The van der Waals surface area contributed by atoms with Crippen molar-refractivity contribution < 1.29 is 19.1 Å². The second-order valence-electron chi connectivity index (χ2n) is 5.81. The number of hydrogen-bond acceptors (Lipinski definition) is 5. The second kappa shape index (κ2) is 7.69.